The first-order valence-corrected chi connectivity index (χ1v) is 4.15. The van der Waals surface area contributed by atoms with E-state index in [-0.39, 0.29) is 25.9 Å². The van der Waals surface area contributed by atoms with Crippen LogP contribution in [0.5, 0.6) is 5.75 Å². The van der Waals surface area contributed by atoms with Gasteiger partial charge in [-0.05, 0) is 12.1 Å². The SMILES string of the molecule is O=C(O)COc1ccc(Cl)c(Cl)c1.[H-].[H-].[Mg+2]. The molecule has 0 aliphatic rings. The average molecular weight is 247 g/mol. The van der Waals surface area contributed by atoms with Gasteiger partial charge in [-0.1, -0.05) is 23.2 Å². The van der Waals surface area contributed by atoms with Crippen molar-refractivity contribution in [3.8, 4) is 5.75 Å². The van der Waals surface area contributed by atoms with E-state index in [0.29, 0.717) is 15.8 Å². The Morgan fingerprint density at radius 3 is 2.57 bits per heavy atom. The minimum absolute atomic E-state index is 0. The van der Waals surface area contributed by atoms with E-state index >= 15 is 0 Å². The van der Waals surface area contributed by atoms with Crippen molar-refractivity contribution in [1.82, 2.24) is 0 Å². The second kappa shape index (κ2) is 6.34. The van der Waals surface area contributed by atoms with E-state index in [1.165, 1.54) is 6.07 Å². The molecule has 74 valence electrons. The first-order valence-electron chi connectivity index (χ1n) is 3.39. The molecule has 1 aromatic rings. The van der Waals surface area contributed by atoms with Gasteiger partial charge in [-0.15, -0.1) is 0 Å². The molecule has 14 heavy (non-hydrogen) atoms. The fraction of sp³-hybridized carbons (Fsp3) is 0.125. The molecule has 0 radical (unpaired) electrons. The van der Waals surface area contributed by atoms with E-state index in [2.05, 4.69) is 0 Å². The van der Waals surface area contributed by atoms with Crippen molar-refractivity contribution in [3.63, 3.8) is 0 Å². The molecule has 0 aliphatic heterocycles. The minimum atomic E-state index is -1.04. The molecular formula is C8H8Cl2MgO3. The van der Waals surface area contributed by atoms with Crippen LogP contribution in [0, 0.1) is 0 Å². The van der Waals surface area contributed by atoms with Gasteiger partial charge in [-0.25, -0.2) is 4.79 Å². The molecule has 3 nitrogen and oxygen atoms in total. The number of hydrogen-bond acceptors (Lipinski definition) is 2. The summed E-state index contributed by atoms with van der Waals surface area (Å²) < 4.78 is 4.86. The Hall–Kier alpha value is -0.164. The number of carbonyl (C=O) groups is 1. The first kappa shape index (κ1) is 13.8. The Labute approximate surface area is 110 Å². The van der Waals surface area contributed by atoms with Gasteiger partial charge in [0.15, 0.2) is 6.61 Å². The Morgan fingerprint density at radius 1 is 1.43 bits per heavy atom. The van der Waals surface area contributed by atoms with Gasteiger partial charge in [0.25, 0.3) is 0 Å². The number of carboxylic acids is 1. The molecule has 0 amide bonds. The van der Waals surface area contributed by atoms with Crippen molar-refractivity contribution in [2.45, 2.75) is 0 Å². The molecule has 0 heterocycles. The first-order chi connectivity index (χ1) is 6.09. The normalized spacial score (nSPS) is 9.00. The molecule has 0 saturated heterocycles. The molecule has 0 bridgehead atoms. The Morgan fingerprint density at radius 2 is 2.07 bits per heavy atom. The van der Waals surface area contributed by atoms with Crippen molar-refractivity contribution in [2.24, 2.45) is 0 Å². The van der Waals surface area contributed by atoms with Gasteiger partial charge >= 0.3 is 29.0 Å². The zero-order chi connectivity index (χ0) is 9.84. The molecule has 1 aromatic carbocycles. The molecule has 1 N–H and O–H groups in total. The van der Waals surface area contributed by atoms with Crippen LogP contribution in [0.1, 0.15) is 2.85 Å². The van der Waals surface area contributed by atoms with Crippen molar-refractivity contribution >= 4 is 52.2 Å². The van der Waals surface area contributed by atoms with Gasteiger partial charge in [0.05, 0.1) is 10.0 Å². The molecule has 0 aliphatic carbocycles. The minimum Gasteiger partial charge on any atom is -1.00 e. The summed E-state index contributed by atoms with van der Waals surface area (Å²) in [6.45, 7) is -0.391. The Kier molecular flexibility index (Phi) is 6.27. The molecule has 0 saturated carbocycles. The molecule has 6 heteroatoms. The van der Waals surface area contributed by atoms with Gasteiger partial charge in [0.1, 0.15) is 5.75 Å². The van der Waals surface area contributed by atoms with Crippen LogP contribution in [-0.4, -0.2) is 40.7 Å². The van der Waals surface area contributed by atoms with Crippen molar-refractivity contribution in [1.29, 1.82) is 0 Å². The Bertz CT molecular complexity index is 339. The van der Waals surface area contributed by atoms with E-state index in [1.807, 2.05) is 0 Å². The van der Waals surface area contributed by atoms with Crippen LogP contribution in [0.15, 0.2) is 18.2 Å². The van der Waals surface area contributed by atoms with Crippen molar-refractivity contribution in [3.05, 3.63) is 28.2 Å². The van der Waals surface area contributed by atoms with Gasteiger partial charge in [-0.2, -0.15) is 0 Å². The number of ether oxygens (including phenoxy) is 1. The van der Waals surface area contributed by atoms with E-state index in [0.717, 1.165) is 0 Å². The van der Waals surface area contributed by atoms with Crippen molar-refractivity contribution in [2.75, 3.05) is 6.61 Å². The standard InChI is InChI=1S/C8H6Cl2O3.Mg.2H/c9-6-2-1-5(3-7(6)10)13-4-8(11)12;;;/h1-3H,4H2,(H,11,12);;;/q;+2;2*-1. The third kappa shape index (κ3) is 4.37. The van der Waals surface area contributed by atoms with Crippen molar-refractivity contribution < 1.29 is 17.5 Å². The number of halogens is 2. The van der Waals surface area contributed by atoms with Crippen LogP contribution in [0.2, 0.25) is 10.0 Å². The molecule has 0 atom stereocenters. The van der Waals surface area contributed by atoms with E-state index in [9.17, 15) is 4.79 Å². The predicted octanol–water partition coefficient (Wildman–Crippen LogP) is 2.30. The fourth-order valence-corrected chi connectivity index (χ4v) is 1.000. The summed E-state index contributed by atoms with van der Waals surface area (Å²) in [4.78, 5) is 10.1. The number of rotatable bonds is 3. The summed E-state index contributed by atoms with van der Waals surface area (Å²) in [5.41, 5.74) is 0. The largest absolute Gasteiger partial charge is 2.00 e. The molecule has 0 fully saturated rings. The van der Waals surface area contributed by atoms with Gasteiger partial charge in [0.2, 0.25) is 0 Å². The maximum absolute atomic E-state index is 10.1. The molecular weight excluding hydrogens is 239 g/mol. The van der Waals surface area contributed by atoms with Crippen LogP contribution >= 0.6 is 23.2 Å². The summed E-state index contributed by atoms with van der Waals surface area (Å²) in [5, 5.41) is 9.06. The van der Waals surface area contributed by atoms with Gasteiger partial charge in [0, 0.05) is 6.07 Å². The maximum Gasteiger partial charge on any atom is 2.00 e. The summed E-state index contributed by atoms with van der Waals surface area (Å²) in [6.07, 6.45) is 0. The number of aliphatic carboxylic acids is 1. The summed E-state index contributed by atoms with van der Waals surface area (Å²) >= 11 is 11.3. The Balaban J connectivity index is -0.000000563. The third-order valence-corrected chi connectivity index (χ3v) is 1.99. The van der Waals surface area contributed by atoms with E-state index < -0.39 is 12.6 Å². The van der Waals surface area contributed by atoms with E-state index in [4.69, 9.17) is 33.0 Å². The second-order valence-electron chi connectivity index (χ2n) is 2.26. The van der Waals surface area contributed by atoms with Gasteiger partial charge < -0.3 is 12.7 Å². The summed E-state index contributed by atoms with van der Waals surface area (Å²) in [5.74, 6) is -0.650. The smallest absolute Gasteiger partial charge is 1.00 e. The zero-order valence-corrected chi connectivity index (χ0v) is 10.1. The van der Waals surface area contributed by atoms with Crippen LogP contribution in [0.25, 0.3) is 0 Å². The molecule has 0 spiro atoms. The fourth-order valence-electron chi connectivity index (χ4n) is 0.712. The molecule has 1 rings (SSSR count). The molecule has 0 unspecified atom stereocenters. The topological polar surface area (TPSA) is 46.5 Å². The average Bonchev–Trinajstić information content (AvgIpc) is 2.07. The second-order valence-corrected chi connectivity index (χ2v) is 3.07. The zero-order valence-electron chi connectivity index (χ0n) is 9.17. The summed E-state index contributed by atoms with van der Waals surface area (Å²) in [6, 6.07) is 4.56. The summed E-state index contributed by atoms with van der Waals surface area (Å²) in [7, 11) is 0. The van der Waals surface area contributed by atoms with Gasteiger partial charge in [-0.3, -0.25) is 0 Å². The van der Waals surface area contributed by atoms with Crippen LogP contribution < -0.4 is 4.74 Å². The third-order valence-electron chi connectivity index (χ3n) is 1.25. The van der Waals surface area contributed by atoms with Crippen LogP contribution in [-0.2, 0) is 4.79 Å². The number of hydrogen-bond donors (Lipinski definition) is 1. The number of benzene rings is 1. The van der Waals surface area contributed by atoms with Crippen LogP contribution in [0.3, 0.4) is 0 Å². The quantitative estimate of drug-likeness (QED) is 0.834. The van der Waals surface area contributed by atoms with E-state index in [1.54, 1.807) is 12.1 Å². The number of carboxylic acid groups (broad SMARTS) is 1. The monoisotopic (exact) mass is 246 g/mol. The predicted molar refractivity (Wildman–Crippen MR) is 57.6 cm³/mol. The maximum atomic E-state index is 10.1. The van der Waals surface area contributed by atoms with Crippen LogP contribution in [0.4, 0.5) is 0 Å². The molecule has 0 aromatic heterocycles.